The van der Waals surface area contributed by atoms with Gasteiger partial charge in [0.2, 0.25) is 5.91 Å². The molecule has 4 aliphatic heterocycles. The highest BCUT2D eigenvalue weighted by Gasteiger charge is 2.47. The molecule has 224 valence electrons. The van der Waals surface area contributed by atoms with E-state index >= 15 is 4.39 Å². The molecule has 10 nitrogen and oxygen atoms in total. The minimum Gasteiger partial charge on any atom is -0.489 e. The molecule has 1 unspecified atom stereocenters. The number of piperazine rings is 2. The lowest BCUT2D eigenvalue weighted by Crippen LogP contribution is -2.57. The van der Waals surface area contributed by atoms with E-state index < -0.39 is 5.82 Å². The first-order chi connectivity index (χ1) is 20.1. The molecule has 0 bridgehead atoms. The number of fused-ring (bicyclic) bond motifs is 2. The first kappa shape index (κ1) is 28.8. The summed E-state index contributed by atoms with van der Waals surface area (Å²) in [6.07, 6.45) is 3.65. The Bertz CT molecular complexity index is 1410. The average Bonchev–Trinajstić information content (AvgIpc) is 3.22. The second-order valence-electron chi connectivity index (χ2n) is 12.2. The number of rotatable bonds is 4. The number of carbonyl (C=O) groups is 2. The summed E-state index contributed by atoms with van der Waals surface area (Å²) in [7, 11) is 2.14. The molecule has 0 radical (unpaired) electrons. The highest BCUT2D eigenvalue weighted by Crippen LogP contribution is 2.46. The van der Waals surface area contributed by atoms with Gasteiger partial charge < -0.3 is 24.3 Å². The molecular weight excluding hydrogens is 561 g/mol. The maximum atomic E-state index is 15.1. The number of pyridine rings is 2. The largest absolute Gasteiger partial charge is 0.489 e. The lowest BCUT2D eigenvalue weighted by atomic mass is 9.98. The van der Waals surface area contributed by atoms with Crippen LogP contribution in [0.1, 0.15) is 30.6 Å². The first-order valence-electron chi connectivity index (χ1n) is 14.5. The molecule has 2 aromatic heterocycles. The molecule has 0 aromatic carbocycles. The molecule has 2 aromatic rings. The van der Waals surface area contributed by atoms with Crippen LogP contribution in [-0.2, 0) is 4.79 Å². The third-order valence-corrected chi connectivity index (χ3v) is 9.44. The Balaban J connectivity index is 1.45. The number of anilines is 1. The van der Waals surface area contributed by atoms with E-state index in [2.05, 4.69) is 47.2 Å². The molecule has 0 saturated carbocycles. The maximum Gasteiger partial charge on any atom is 0.261 e. The van der Waals surface area contributed by atoms with Gasteiger partial charge in [-0.3, -0.25) is 19.5 Å². The monoisotopic (exact) mass is 597 g/mol. The van der Waals surface area contributed by atoms with Crippen molar-refractivity contribution in [1.29, 1.82) is 0 Å². The Kier molecular flexibility index (Phi) is 7.61. The Hall–Kier alpha value is -3.28. The topological polar surface area (TPSA) is 85.4 Å². The van der Waals surface area contributed by atoms with Crippen LogP contribution in [0.5, 0.6) is 5.75 Å². The molecule has 2 amide bonds. The van der Waals surface area contributed by atoms with Crippen LogP contribution in [0.4, 0.5) is 10.2 Å². The van der Waals surface area contributed by atoms with Crippen molar-refractivity contribution >= 4 is 29.2 Å². The minimum absolute atomic E-state index is 0.0000518. The van der Waals surface area contributed by atoms with Gasteiger partial charge in [0.05, 0.1) is 6.04 Å². The van der Waals surface area contributed by atoms with Gasteiger partial charge in [0.25, 0.3) is 5.91 Å². The number of ether oxygens (including phenoxy) is 1. The van der Waals surface area contributed by atoms with Gasteiger partial charge >= 0.3 is 0 Å². The fraction of sp³-hybridized carbons (Fsp3) is 0.533. The van der Waals surface area contributed by atoms with Gasteiger partial charge in [-0.25, -0.2) is 9.37 Å². The fourth-order valence-electron chi connectivity index (χ4n) is 6.70. The van der Waals surface area contributed by atoms with Crippen molar-refractivity contribution in [1.82, 2.24) is 29.6 Å². The highest BCUT2D eigenvalue weighted by molar-refractivity contribution is 6.35. The summed E-state index contributed by atoms with van der Waals surface area (Å²) in [5, 5.41) is 0.0474. The second-order valence-corrected chi connectivity index (χ2v) is 12.6. The highest BCUT2D eigenvalue weighted by atomic mass is 35.5. The van der Waals surface area contributed by atoms with Crippen LogP contribution in [0.25, 0.3) is 11.4 Å². The molecule has 2 atom stereocenters. The summed E-state index contributed by atoms with van der Waals surface area (Å²) in [6, 6.07) is 2.70. The zero-order chi connectivity index (χ0) is 29.8. The molecule has 12 heteroatoms. The number of likely N-dealkylation sites (N-methyl/N-ethyl adjacent to an activating group) is 1. The maximum absolute atomic E-state index is 15.1. The van der Waals surface area contributed by atoms with Gasteiger partial charge in [0.1, 0.15) is 34.4 Å². The van der Waals surface area contributed by atoms with E-state index in [4.69, 9.17) is 21.3 Å². The van der Waals surface area contributed by atoms with Crippen LogP contribution >= 0.6 is 11.6 Å². The molecule has 3 saturated heterocycles. The molecule has 6 rings (SSSR count). The van der Waals surface area contributed by atoms with E-state index in [1.54, 1.807) is 9.80 Å². The second kappa shape index (κ2) is 11.1. The normalized spacial score (nSPS) is 24.6. The van der Waals surface area contributed by atoms with Gasteiger partial charge in [-0.15, -0.1) is 0 Å². The molecule has 0 N–H and O–H groups in total. The van der Waals surface area contributed by atoms with E-state index in [0.717, 1.165) is 32.6 Å². The SMILES string of the molecule is C=CC(=O)N1CCN2C(=O)c3c(N4CC(N5CCN(C)CC5)CC4(C)C)nc(-c4ncccc4F)c(Cl)c3OC[C@H]2C1. The van der Waals surface area contributed by atoms with E-state index in [9.17, 15) is 9.59 Å². The number of nitrogens with zero attached hydrogens (tertiary/aromatic N) is 7. The molecule has 3 fully saturated rings. The lowest BCUT2D eigenvalue weighted by Gasteiger charge is -2.40. The van der Waals surface area contributed by atoms with Gasteiger partial charge in [0.15, 0.2) is 11.6 Å². The molecule has 0 aliphatic carbocycles. The zero-order valence-electron chi connectivity index (χ0n) is 24.4. The summed E-state index contributed by atoms with van der Waals surface area (Å²) >= 11 is 6.91. The van der Waals surface area contributed by atoms with Crippen molar-refractivity contribution in [3.05, 3.63) is 47.4 Å². The van der Waals surface area contributed by atoms with Gasteiger partial charge in [-0.1, -0.05) is 18.2 Å². The molecule has 6 heterocycles. The smallest absolute Gasteiger partial charge is 0.261 e. The molecular formula is C30H37ClFN7O3. The summed E-state index contributed by atoms with van der Waals surface area (Å²) in [5.74, 6) is -0.405. The number of hydrogen-bond donors (Lipinski definition) is 0. The number of aromatic nitrogens is 2. The van der Waals surface area contributed by atoms with Crippen molar-refractivity contribution in [3.8, 4) is 17.1 Å². The molecule has 0 spiro atoms. The lowest BCUT2D eigenvalue weighted by molar-refractivity contribution is -0.128. The number of carbonyl (C=O) groups excluding carboxylic acids is 2. The van der Waals surface area contributed by atoms with Crippen LogP contribution in [-0.4, -0.2) is 125 Å². The fourth-order valence-corrected chi connectivity index (χ4v) is 6.98. The number of hydrogen-bond acceptors (Lipinski definition) is 8. The van der Waals surface area contributed by atoms with Gasteiger partial charge in [-0.2, -0.15) is 0 Å². The number of amides is 2. The number of halogens is 2. The van der Waals surface area contributed by atoms with Crippen LogP contribution in [0.3, 0.4) is 0 Å². The van der Waals surface area contributed by atoms with E-state index in [0.29, 0.717) is 32.0 Å². The van der Waals surface area contributed by atoms with Gasteiger partial charge in [-0.05, 0) is 45.5 Å². The summed E-state index contributed by atoms with van der Waals surface area (Å²) in [5.41, 5.74) is 0.0560. The third kappa shape index (κ3) is 5.01. The minimum atomic E-state index is -0.565. The predicted octanol–water partition coefficient (Wildman–Crippen LogP) is 2.77. The van der Waals surface area contributed by atoms with Crippen molar-refractivity contribution in [3.63, 3.8) is 0 Å². The van der Waals surface area contributed by atoms with Crippen LogP contribution in [0.2, 0.25) is 5.02 Å². The van der Waals surface area contributed by atoms with E-state index in [1.165, 1.54) is 24.4 Å². The van der Waals surface area contributed by atoms with E-state index in [-0.39, 0.29) is 63.8 Å². The van der Waals surface area contributed by atoms with Crippen molar-refractivity contribution in [2.45, 2.75) is 37.9 Å². The van der Waals surface area contributed by atoms with Crippen molar-refractivity contribution in [2.24, 2.45) is 0 Å². The van der Waals surface area contributed by atoms with Crippen molar-refractivity contribution in [2.75, 3.05) is 70.9 Å². The van der Waals surface area contributed by atoms with Gasteiger partial charge in [0, 0.05) is 70.1 Å². The Morgan fingerprint density at radius 2 is 1.90 bits per heavy atom. The Labute approximate surface area is 250 Å². The Morgan fingerprint density at radius 1 is 1.14 bits per heavy atom. The third-order valence-electron chi connectivity index (χ3n) is 9.09. The first-order valence-corrected chi connectivity index (χ1v) is 14.9. The summed E-state index contributed by atoms with van der Waals surface area (Å²) < 4.78 is 21.4. The van der Waals surface area contributed by atoms with Crippen molar-refractivity contribution < 1.29 is 18.7 Å². The van der Waals surface area contributed by atoms with Crippen LogP contribution < -0.4 is 9.64 Å². The van der Waals surface area contributed by atoms with Crippen LogP contribution in [0, 0.1) is 5.82 Å². The molecule has 4 aliphatic rings. The predicted molar refractivity (Wildman–Crippen MR) is 158 cm³/mol. The quantitative estimate of drug-likeness (QED) is 0.498. The Morgan fingerprint density at radius 3 is 2.62 bits per heavy atom. The van der Waals surface area contributed by atoms with Crippen LogP contribution in [0.15, 0.2) is 31.0 Å². The van der Waals surface area contributed by atoms with E-state index in [1.807, 2.05) is 0 Å². The molecule has 42 heavy (non-hydrogen) atoms. The standard InChI is InChI=1S/C30H37ClFN7O3/c1-5-22(40)37-13-14-38-20(16-37)18-42-27-23(29(38)41)28(34-26(24(27)31)25-21(32)7-6-8-33-25)39-17-19(15-30(39,2)3)36-11-9-35(4)10-12-36/h5-8,19-20H,1,9-18H2,2-4H3/t19?,20-/m1/s1. The average molecular weight is 598 g/mol. The zero-order valence-corrected chi connectivity index (χ0v) is 25.1. The summed E-state index contributed by atoms with van der Waals surface area (Å²) in [4.78, 5) is 46.4. The summed E-state index contributed by atoms with van der Waals surface area (Å²) in [6.45, 7) is 13.7.